The summed E-state index contributed by atoms with van der Waals surface area (Å²) < 4.78 is 0. The van der Waals surface area contributed by atoms with Crippen LogP contribution < -0.4 is 0 Å². The molecule has 0 heterocycles. The summed E-state index contributed by atoms with van der Waals surface area (Å²) in [5.41, 5.74) is 1.81. The standard InChI is InChI=1S/C28H46O2/c1-18(2)19(3)6-7-20(4)24-10-11-25-23-9-8-21-16-22(30)12-15-28(21,17-29)26(23)13-14-27(24,25)5/h6-8,18-20,22-26,29-30H,9-17H2,1-5H3/b7-6+/t19-,20-,22-,23-,24+,25-,26-,27+,28+/m0/s1. The Morgan fingerprint density at radius 3 is 2.50 bits per heavy atom. The van der Waals surface area contributed by atoms with Crippen molar-refractivity contribution < 1.29 is 10.2 Å². The highest BCUT2D eigenvalue weighted by Gasteiger charge is 2.60. The lowest BCUT2D eigenvalue weighted by Crippen LogP contribution is -2.53. The molecule has 3 fully saturated rings. The first-order valence-corrected chi connectivity index (χ1v) is 12.9. The van der Waals surface area contributed by atoms with Crippen molar-refractivity contribution >= 4 is 0 Å². The topological polar surface area (TPSA) is 40.5 Å². The highest BCUT2D eigenvalue weighted by atomic mass is 16.3. The number of rotatable bonds is 5. The summed E-state index contributed by atoms with van der Waals surface area (Å²) in [5.74, 6) is 4.97. The van der Waals surface area contributed by atoms with Crippen LogP contribution in [0.15, 0.2) is 23.8 Å². The van der Waals surface area contributed by atoms with Crippen molar-refractivity contribution in [3.63, 3.8) is 0 Å². The van der Waals surface area contributed by atoms with Crippen LogP contribution in [0.5, 0.6) is 0 Å². The van der Waals surface area contributed by atoms with Crippen LogP contribution >= 0.6 is 0 Å². The van der Waals surface area contributed by atoms with Gasteiger partial charge in [-0.3, -0.25) is 0 Å². The van der Waals surface area contributed by atoms with Gasteiger partial charge in [-0.05, 0) is 98.2 Å². The van der Waals surface area contributed by atoms with E-state index in [1.807, 2.05) is 0 Å². The van der Waals surface area contributed by atoms with Gasteiger partial charge in [0.25, 0.3) is 0 Å². The molecule has 0 radical (unpaired) electrons. The third-order valence-corrected chi connectivity index (χ3v) is 10.6. The van der Waals surface area contributed by atoms with E-state index in [0.29, 0.717) is 29.1 Å². The minimum Gasteiger partial charge on any atom is -0.395 e. The van der Waals surface area contributed by atoms with Gasteiger partial charge in [0.2, 0.25) is 0 Å². The lowest BCUT2D eigenvalue weighted by Gasteiger charge is -2.58. The van der Waals surface area contributed by atoms with Crippen molar-refractivity contribution in [1.82, 2.24) is 0 Å². The molecule has 0 unspecified atom stereocenters. The minimum atomic E-state index is -0.196. The van der Waals surface area contributed by atoms with Crippen LogP contribution in [-0.4, -0.2) is 22.9 Å². The van der Waals surface area contributed by atoms with E-state index in [-0.39, 0.29) is 18.1 Å². The molecule has 30 heavy (non-hydrogen) atoms. The lowest BCUT2D eigenvalue weighted by atomic mass is 9.46. The fourth-order valence-electron chi connectivity index (χ4n) is 8.34. The summed E-state index contributed by atoms with van der Waals surface area (Å²) in [4.78, 5) is 0. The zero-order valence-electron chi connectivity index (χ0n) is 20.1. The van der Waals surface area contributed by atoms with E-state index in [1.165, 1.54) is 37.7 Å². The second-order valence-corrected chi connectivity index (χ2v) is 12.1. The van der Waals surface area contributed by atoms with E-state index >= 15 is 0 Å². The molecule has 0 amide bonds. The predicted molar refractivity (Wildman–Crippen MR) is 125 cm³/mol. The maximum atomic E-state index is 10.6. The molecule has 0 aromatic rings. The monoisotopic (exact) mass is 414 g/mol. The first-order valence-electron chi connectivity index (χ1n) is 12.9. The predicted octanol–water partition coefficient (Wildman–Crippen LogP) is 6.38. The van der Waals surface area contributed by atoms with Crippen molar-refractivity contribution in [2.24, 2.45) is 52.3 Å². The summed E-state index contributed by atoms with van der Waals surface area (Å²) in [5, 5.41) is 20.8. The first-order chi connectivity index (χ1) is 14.2. The zero-order valence-corrected chi connectivity index (χ0v) is 20.1. The van der Waals surface area contributed by atoms with Gasteiger partial charge in [-0.15, -0.1) is 0 Å². The van der Waals surface area contributed by atoms with E-state index < -0.39 is 0 Å². The third-order valence-electron chi connectivity index (χ3n) is 10.6. The number of hydrogen-bond acceptors (Lipinski definition) is 2. The van der Waals surface area contributed by atoms with E-state index in [1.54, 1.807) is 0 Å². The van der Waals surface area contributed by atoms with E-state index in [0.717, 1.165) is 37.0 Å². The minimum absolute atomic E-state index is 0.0280. The lowest BCUT2D eigenvalue weighted by molar-refractivity contribution is -0.0774. The maximum absolute atomic E-state index is 10.6. The van der Waals surface area contributed by atoms with Crippen molar-refractivity contribution in [3.8, 4) is 0 Å². The van der Waals surface area contributed by atoms with Gasteiger partial charge in [0.15, 0.2) is 0 Å². The van der Waals surface area contributed by atoms with Crippen LogP contribution in [-0.2, 0) is 0 Å². The van der Waals surface area contributed by atoms with E-state index in [9.17, 15) is 10.2 Å². The van der Waals surface area contributed by atoms with E-state index in [4.69, 9.17) is 0 Å². The molecular formula is C28H46O2. The average molecular weight is 415 g/mol. The third kappa shape index (κ3) is 3.54. The van der Waals surface area contributed by atoms with Gasteiger partial charge in [-0.25, -0.2) is 0 Å². The summed E-state index contributed by atoms with van der Waals surface area (Å²) in [6.45, 7) is 12.3. The Morgan fingerprint density at radius 2 is 1.80 bits per heavy atom. The SMILES string of the molecule is CC(C)[C@@H](C)/C=C/[C@H](C)[C@H]1CC[C@H]2[C@@H]3CC=C4C[C@@H](O)CC[C@]4(CO)[C@H]3CC[C@]12C. The molecule has 2 heteroatoms. The van der Waals surface area contributed by atoms with Crippen LogP contribution in [0.3, 0.4) is 0 Å². The molecule has 4 rings (SSSR count). The van der Waals surface area contributed by atoms with Crippen LogP contribution in [0, 0.1) is 52.3 Å². The number of aliphatic hydroxyl groups is 2. The Bertz CT molecular complexity index is 678. The van der Waals surface area contributed by atoms with Gasteiger partial charge in [0.05, 0.1) is 12.7 Å². The largest absolute Gasteiger partial charge is 0.395 e. The van der Waals surface area contributed by atoms with Gasteiger partial charge in [0.1, 0.15) is 0 Å². The van der Waals surface area contributed by atoms with Crippen LogP contribution in [0.25, 0.3) is 0 Å². The molecule has 4 aliphatic carbocycles. The molecule has 0 aromatic heterocycles. The van der Waals surface area contributed by atoms with Crippen LogP contribution in [0.4, 0.5) is 0 Å². The molecule has 0 saturated heterocycles. The van der Waals surface area contributed by atoms with Gasteiger partial charge in [-0.2, -0.15) is 0 Å². The summed E-state index contributed by atoms with van der Waals surface area (Å²) >= 11 is 0. The summed E-state index contributed by atoms with van der Waals surface area (Å²) in [7, 11) is 0. The fraction of sp³-hybridized carbons (Fsp3) is 0.857. The van der Waals surface area contributed by atoms with Crippen molar-refractivity contribution in [3.05, 3.63) is 23.8 Å². The number of hydrogen-bond donors (Lipinski definition) is 2. The normalized spacial score (nSPS) is 45.6. The van der Waals surface area contributed by atoms with E-state index in [2.05, 4.69) is 52.8 Å². The molecule has 4 aliphatic rings. The van der Waals surface area contributed by atoms with Crippen molar-refractivity contribution in [1.29, 1.82) is 0 Å². The molecule has 0 spiro atoms. The molecule has 2 N–H and O–H groups in total. The highest BCUT2D eigenvalue weighted by molar-refractivity contribution is 5.26. The Kier molecular flexibility index (Phi) is 6.32. The first kappa shape index (κ1) is 22.6. The molecular weight excluding hydrogens is 368 g/mol. The fourth-order valence-corrected chi connectivity index (χ4v) is 8.34. The quantitative estimate of drug-likeness (QED) is 0.512. The molecule has 3 saturated carbocycles. The number of fused-ring (bicyclic) bond motifs is 5. The molecule has 9 atom stereocenters. The number of aliphatic hydroxyl groups excluding tert-OH is 2. The summed E-state index contributed by atoms with van der Waals surface area (Å²) in [6, 6.07) is 0. The second kappa shape index (κ2) is 8.39. The molecule has 0 bridgehead atoms. The average Bonchev–Trinajstić information content (AvgIpc) is 3.08. The molecule has 0 aliphatic heterocycles. The van der Waals surface area contributed by atoms with Crippen molar-refractivity contribution in [2.45, 2.75) is 92.1 Å². The Hall–Kier alpha value is -0.600. The van der Waals surface area contributed by atoms with Crippen LogP contribution in [0.2, 0.25) is 0 Å². The Morgan fingerprint density at radius 1 is 1.03 bits per heavy atom. The zero-order chi connectivity index (χ0) is 21.7. The maximum Gasteiger partial charge on any atom is 0.0577 e. The van der Waals surface area contributed by atoms with Gasteiger partial charge < -0.3 is 10.2 Å². The molecule has 2 nitrogen and oxygen atoms in total. The number of allylic oxidation sites excluding steroid dienone is 3. The Balaban J connectivity index is 1.55. The molecule has 0 aromatic carbocycles. The Labute approximate surface area is 185 Å². The smallest absolute Gasteiger partial charge is 0.0577 e. The van der Waals surface area contributed by atoms with Gasteiger partial charge >= 0.3 is 0 Å². The van der Waals surface area contributed by atoms with Crippen LogP contribution in [0.1, 0.15) is 86.0 Å². The second-order valence-electron chi connectivity index (χ2n) is 12.1. The van der Waals surface area contributed by atoms with Gasteiger partial charge in [0, 0.05) is 5.41 Å². The molecule has 170 valence electrons. The van der Waals surface area contributed by atoms with Crippen molar-refractivity contribution in [2.75, 3.05) is 6.61 Å². The van der Waals surface area contributed by atoms with Gasteiger partial charge in [-0.1, -0.05) is 58.4 Å². The highest BCUT2D eigenvalue weighted by Crippen LogP contribution is 2.67. The summed E-state index contributed by atoms with van der Waals surface area (Å²) in [6.07, 6.45) is 16.4.